The Balaban J connectivity index is 1.56. The molecule has 0 spiro atoms. The normalized spacial score (nSPS) is 19.5. The molecule has 2 aromatic carbocycles. The number of nitrogens with one attached hydrogen (secondary N) is 2. The molecule has 1 aliphatic carbocycles. The first-order valence-electron chi connectivity index (χ1n) is 11.0. The fourth-order valence-corrected chi connectivity index (χ4v) is 6.25. The minimum absolute atomic E-state index is 0.00552. The number of phenols is 1. The van der Waals surface area contributed by atoms with Crippen molar-refractivity contribution in [3.05, 3.63) is 108 Å². The standard InChI is InChI=1S/C26H20BrN3O3S/c27-15-8-9-19(31)17(13-15)22-23-18(11-14(12-20(23)32)21-7-4-10-34-21)28-25-24(22)26(33)30(29-25)16-5-2-1-3-6-16/h1-10,13-14,22,28-29,31H,11-12H2/t14-,22+/m1/s1. The van der Waals surface area contributed by atoms with Gasteiger partial charge in [-0.3, -0.25) is 14.7 Å². The average Bonchev–Trinajstić information content (AvgIpc) is 3.49. The lowest BCUT2D eigenvalue weighted by molar-refractivity contribution is -0.116. The maximum Gasteiger partial charge on any atom is 0.277 e. The van der Waals surface area contributed by atoms with Crippen LogP contribution in [0, 0.1) is 0 Å². The molecule has 2 atom stereocenters. The number of halogens is 1. The van der Waals surface area contributed by atoms with Crippen molar-refractivity contribution in [2.75, 3.05) is 5.32 Å². The van der Waals surface area contributed by atoms with Gasteiger partial charge in [-0.1, -0.05) is 40.2 Å². The van der Waals surface area contributed by atoms with Gasteiger partial charge >= 0.3 is 0 Å². The summed E-state index contributed by atoms with van der Waals surface area (Å²) in [6, 6.07) is 18.5. The number of phenolic OH excluding ortho intramolecular Hbond substituents is 1. The first kappa shape index (κ1) is 21.2. The summed E-state index contributed by atoms with van der Waals surface area (Å²) in [4.78, 5) is 28.5. The van der Waals surface area contributed by atoms with E-state index < -0.39 is 5.92 Å². The number of Topliss-reactive ketones (excluding diaryl/α,β-unsaturated/α-hetero) is 1. The van der Waals surface area contributed by atoms with Gasteiger partial charge in [0.15, 0.2) is 5.78 Å². The van der Waals surface area contributed by atoms with Crippen LogP contribution in [0.15, 0.2) is 86.6 Å². The highest BCUT2D eigenvalue weighted by Gasteiger charge is 2.42. The summed E-state index contributed by atoms with van der Waals surface area (Å²) in [7, 11) is 0. The fraction of sp³-hybridized carbons (Fsp3) is 0.154. The molecule has 0 saturated heterocycles. The van der Waals surface area contributed by atoms with Gasteiger partial charge in [0.2, 0.25) is 0 Å². The molecule has 6 rings (SSSR count). The zero-order chi connectivity index (χ0) is 23.4. The van der Waals surface area contributed by atoms with E-state index >= 15 is 0 Å². The molecule has 0 radical (unpaired) electrons. The molecule has 1 aliphatic heterocycles. The number of thiophene rings is 1. The van der Waals surface area contributed by atoms with Crippen LogP contribution in [0.2, 0.25) is 0 Å². The zero-order valence-corrected chi connectivity index (χ0v) is 20.3. The minimum atomic E-state index is -0.672. The van der Waals surface area contributed by atoms with Gasteiger partial charge in [-0.25, -0.2) is 4.68 Å². The molecule has 170 valence electrons. The molecule has 3 N–H and O–H groups in total. The molecule has 34 heavy (non-hydrogen) atoms. The number of hydrogen-bond acceptors (Lipinski definition) is 5. The van der Waals surface area contributed by atoms with E-state index in [2.05, 4.69) is 32.4 Å². The summed E-state index contributed by atoms with van der Waals surface area (Å²) < 4.78 is 2.25. The first-order valence-corrected chi connectivity index (χ1v) is 12.6. The number of benzene rings is 2. The number of ketones is 1. The molecular formula is C26H20BrN3O3S. The van der Waals surface area contributed by atoms with Crippen molar-refractivity contribution in [1.82, 2.24) is 9.78 Å². The summed E-state index contributed by atoms with van der Waals surface area (Å²) in [5.41, 5.74) is 2.76. The number of hydrogen-bond donors (Lipinski definition) is 3. The Kier molecular flexibility index (Phi) is 5.08. The molecule has 8 heteroatoms. The van der Waals surface area contributed by atoms with Gasteiger partial charge in [-0.2, -0.15) is 0 Å². The molecule has 2 aromatic heterocycles. The number of aromatic hydroxyl groups is 1. The Morgan fingerprint density at radius 2 is 1.85 bits per heavy atom. The summed E-state index contributed by atoms with van der Waals surface area (Å²) >= 11 is 5.14. The molecule has 0 amide bonds. The number of fused-ring (bicyclic) bond motifs is 1. The maximum atomic E-state index is 13.7. The van der Waals surface area contributed by atoms with E-state index in [1.165, 1.54) is 9.56 Å². The van der Waals surface area contributed by atoms with Gasteiger partial charge in [-0.05, 0) is 48.2 Å². The van der Waals surface area contributed by atoms with Crippen LogP contribution in [-0.2, 0) is 4.79 Å². The number of aromatic amines is 1. The predicted molar refractivity (Wildman–Crippen MR) is 136 cm³/mol. The van der Waals surface area contributed by atoms with Gasteiger partial charge in [0.1, 0.15) is 11.6 Å². The number of carbonyl (C=O) groups excluding carboxylic acids is 1. The highest BCUT2D eigenvalue weighted by atomic mass is 79.9. The Morgan fingerprint density at radius 1 is 1.03 bits per heavy atom. The van der Waals surface area contributed by atoms with Crippen LogP contribution in [0.1, 0.15) is 40.7 Å². The molecule has 4 aromatic rings. The number of nitrogens with zero attached hydrogens (tertiary/aromatic N) is 1. The summed E-state index contributed by atoms with van der Waals surface area (Å²) in [6.45, 7) is 0. The average molecular weight is 534 g/mol. The summed E-state index contributed by atoms with van der Waals surface area (Å²) in [6.07, 6.45) is 1.03. The van der Waals surface area contributed by atoms with Gasteiger partial charge in [0, 0.05) is 38.5 Å². The minimum Gasteiger partial charge on any atom is -0.508 e. The Labute approximate surface area is 207 Å². The van der Waals surface area contributed by atoms with Crippen LogP contribution in [0.5, 0.6) is 5.75 Å². The first-order chi connectivity index (χ1) is 16.5. The van der Waals surface area contributed by atoms with Crippen molar-refractivity contribution in [3.8, 4) is 11.4 Å². The second-order valence-electron chi connectivity index (χ2n) is 8.57. The number of anilines is 1. The second kappa shape index (κ2) is 8.14. The van der Waals surface area contributed by atoms with Crippen molar-refractivity contribution in [1.29, 1.82) is 0 Å². The molecule has 0 fully saturated rings. The number of H-pyrrole nitrogens is 1. The van der Waals surface area contributed by atoms with Gasteiger partial charge < -0.3 is 10.4 Å². The van der Waals surface area contributed by atoms with Gasteiger partial charge in [-0.15, -0.1) is 11.3 Å². The second-order valence-corrected chi connectivity index (χ2v) is 10.5. The number of carbonyl (C=O) groups is 1. The third-order valence-corrected chi connectivity index (χ3v) is 8.08. The predicted octanol–water partition coefficient (Wildman–Crippen LogP) is 5.65. The van der Waals surface area contributed by atoms with Crippen molar-refractivity contribution < 1.29 is 9.90 Å². The lowest BCUT2D eigenvalue weighted by Crippen LogP contribution is -2.31. The molecule has 2 aliphatic rings. The largest absolute Gasteiger partial charge is 0.508 e. The van der Waals surface area contributed by atoms with Crippen LogP contribution in [0.3, 0.4) is 0 Å². The lowest BCUT2D eigenvalue weighted by atomic mass is 9.73. The Hall–Kier alpha value is -3.36. The van der Waals surface area contributed by atoms with E-state index in [9.17, 15) is 14.7 Å². The zero-order valence-electron chi connectivity index (χ0n) is 17.9. The lowest BCUT2D eigenvalue weighted by Gasteiger charge is -2.34. The number of rotatable bonds is 3. The number of para-hydroxylation sites is 1. The monoisotopic (exact) mass is 533 g/mol. The van der Waals surface area contributed by atoms with Gasteiger partial charge in [0.05, 0.1) is 17.2 Å². The third kappa shape index (κ3) is 3.36. The highest BCUT2D eigenvalue weighted by molar-refractivity contribution is 9.10. The molecule has 0 unspecified atom stereocenters. The van der Waals surface area contributed by atoms with Gasteiger partial charge in [0.25, 0.3) is 5.56 Å². The third-order valence-electron chi connectivity index (χ3n) is 6.55. The molecular weight excluding hydrogens is 514 g/mol. The maximum absolute atomic E-state index is 13.7. The summed E-state index contributed by atoms with van der Waals surface area (Å²) in [5, 5.41) is 19.4. The smallest absolute Gasteiger partial charge is 0.277 e. The van der Waals surface area contributed by atoms with Crippen molar-refractivity contribution >= 4 is 38.9 Å². The topological polar surface area (TPSA) is 87.1 Å². The SMILES string of the molecule is O=C1C[C@H](c2cccs2)CC2=C1[C@H](c1cc(Br)ccc1O)c1c([nH]n(-c3ccccc3)c1=O)N2. The Bertz CT molecular complexity index is 1500. The quantitative estimate of drug-likeness (QED) is 0.317. The van der Waals surface area contributed by atoms with Crippen molar-refractivity contribution in [3.63, 3.8) is 0 Å². The number of allylic oxidation sites excluding steroid dienone is 2. The van der Waals surface area contributed by atoms with Crippen molar-refractivity contribution in [2.24, 2.45) is 0 Å². The van der Waals surface area contributed by atoms with Crippen LogP contribution >= 0.6 is 27.3 Å². The highest BCUT2D eigenvalue weighted by Crippen LogP contribution is 2.49. The summed E-state index contributed by atoms with van der Waals surface area (Å²) in [5.74, 6) is 0.00724. The molecule has 6 nitrogen and oxygen atoms in total. The molecule has 0 saturated carbocycles. The Morgan fingerprint density at radius 3 is 2.62 bits per heavy atom. The number of aromatic nitrogens is 2. The van der Waals surface area contributed by atoms with E-state index in [-0.39, 0.29) is 23.0 Å². The van der Waals surface area contributed by atoms with Crippen LogP contribution in [-0.4, -0.2) is 20.7 Å². The van der Waals surface area contributed by atoms with E-state index in [0.29, 0.717) is 41.0 Å². The van der Waals surface area contributed by atoms with E-state index in [1.807, 2.05) is 41.8 Å². The molecule has 3 heterocycles. The van der Waals surface area contributed by atoms with Crippen LogP contribution in [0.25, 0.3) is 5.69 Å². The van der Waals surface area contributed by atoms with Crippen LogP contribution < -0.4 is 10.9 Å². The van der Waals surface area contributed by atoms with Crippen LogP contribution in [0.4, 0.5) is 5.82 Å². The van der Waals surface area contributed by atoms with E-state index in [1.54, 1.807) is 29.5 Å². The molecule has 0 bridgehead atoms. The van der Waals surface area contributed by atoms with E-state index in [0.717, 1.165) is 10.2 Å². The van der Waals surface area contributed by atoms with Crippen molar-refractivity contribution in [2.45, 2.75) is 24.7 Å². The fourth-order valence-electron chi connectivity index (χ4n) is 5.04. The van der Waals surface area contributed by atoms with E-state index in [4.69, 9.17) is 0 Å².